The number of phenols is 1. The molecule has 3 amide bonds. The van der Waals surface area contributed by atoms with Crippen LogP contribution in [0.4, 0.5) is 16.2 Å². The maximum atomic E-state index is 12.8. The van der Waals surface area contributed by atoms with E-state index < -0.39 is 0 Å². The van der Waals surface area contributed by atoms with Crippen LogP contribution in [0.2, 0.25) is 0 Å². The van der Waals surface area contributed by atoms with Gasteiger partial charge in [0.25, 0.3) is 0 Å². The van der Waals surface area contributed by atoms with E-state index in [-0.39, 0.29) is 28.6 Å². The summed E-state index contributed by atoms with van der Waals surface area (Å²) in [6, 6.07) is 29.2. The van der Waals surface area contributed by atoms with Crippen LogP contribution in [0.15, 0.2) is 95.8 Å². The predicted octanol–water partition coefficient (Wildman–Crippen LogP) is 5.95. The van der Waals surface area contributed by atoms with Gasteiger partial charge in [-0.25, -0.2) is 4.79 Å². The molecule has 0 saturated carbocycles. The van der Waals surface area contributed by atoms with E-state index in [1.807, 2.05) is 84.9 Å². The summed E-state index contributed by atoms with van der Waals surface area (Å²) in [5, 5.41) is 22.6. The van der Waals surface area contributed by atoms with E-state index in [2.05, 4.69) is 31.2 Å². The number of aromatic amines is 1. The standard InChI is InChI=1S/C38H42N6O4S/c45-33-15-12-28(36-35(33)43-38(48)49-36)17-22-39-21-16-26-10-13-29(14-11-26)40-34(46)20-25-44-23-18-30(19-24-44)41-37(47)42-32-9-5-4-8-31(32)27-6-2-1-3-7-27/h1-15,30,39,45H,16-25H2,(H,40,46)(H,43,48)(H2,41,42,47). The molecule has 0 radical (unpaired) electrons. The number of hydrogen-bond acceptors (Lipinski definition) is 7. The number of phenolic OH excluding ortho intramolecular Hbond substituents is 1. The zero-order valence-corrected chi connectivity index (χ0v) is 28.2. The number of amides is 3. The molecule has 5 aromatic rings. The summed E-state index contributed by atoms with van der Waals surface area (Å²) in [7, 11) is 0. The number of hydrogen-bond donors (Lipinski definition) is 6. The van der Waals surface area contributed by atoms with Crippen LogP contribution in [0.3, 0.4) is 0 Å². The molecule has 4 aromatic carbocycles. The number of H-pyrrole nitrogens is 1. The third-order valence-corrected chi connectivity index (χ3v) is 9.83. The number of likely N-dealkylation sites (tertiary alicyclic amines) is 1. The van der Waals surface area contributed by atoms with Crippen LogP contribution in [0, 0.1) is 0 Å². The van der Waals surface area contributed by atoms with Crippen LogP contribution in [-0.4, -0.2) is 65.7 Å². The summed E-state index contributed by atoms with van der Waals surface area (Å²) in [5.41, 5.74) is 6.32. The SMILES string of the molecule is O=C(CCN1CCC(NC(=O)Nc2ccccc2-c2ccccc2)CC1)Nc1ccc(CCNCCc2ccc(O)c3[nH]c(=O)sc23)cc1. The van der Waals surface area contributed by atoms with E-state index in [4.69, 9.17) is 0 Å². The molecule has 0 aliphatic carbocycles. The van der Waals surface area contributed by atoms with Gasteiger partial charge >= 0.3 is 10.9 Å². The van der Waals surface area contributed by atoms with Gasteiger partial charge in [-0.1, -0.05) is 78.1 Å². The third-order valence-electron chi connectivity index (χ3n) is 8.88. The van der Waals surface area contributed by atoms with E-state index in [1.54, 1.807) is 6.07 Å². The molecule has 6 N–H and O–H groups in total. The summed E-state index contributed by atoms with van der Waals surface area (Å²) < 4.78 is 0.810. The van der Waals surface area contributed by atoms with Crippen LogP contribution in [0.25, 0.3) is 21.3 Å². The highest BCUT2D eigenvalue weighted by Crippen LogP contribution is 2.29. The molecule has 2 heterocycles. The number of aromatic nitrogens is 1. The first kappa shape index (κ1) is 33.9. The maximum Gasteiger partial charge on any atom is 0.319 e. The number of carbonyl (C=O) groups excluding carboxylic acids is 2. The van der Waals surface area contributed by atoms with Gasteiger partial charge in [-0.15, -0.1) is 0 Å². The fraction of sp³-hybridized carbons (Fsp3) is 0.289. The van der Waals surface area contributed by atoms with Gasteiger partial charge in [0.1, 0.15) is 11.3 Å². The van der Waals surface area contributed by atoms with Crippen LogP contribution in [0.1, 0.15) is 30.4 Å². The highest BCUT2D eigenvalue weighted by molar-refractivity contribution is 7.16. The first-order chi connectivity index (χ1) is 23.9. The predicted molar refractivity (Wildman–Crippen MR) is 198 cm³/mol. The Morgan fingerprint density at radius 1 is 0.857 bits per heavy atom. The van der Waals surface area contributed by atoms with Crippen LogP contribution < -0.4 is 26.1 Å². The summed E-state index contributed by atoms with van der Waals surface area (Å²) >= 11 is 1.12. The van der Waals surface area contributed by atoms with E-state index in [9.17, 15) is 19.5 Å². The molecule has 11 heteroatoms. The van der Waals surface area contributed by atoms with Crippen LogP contribution >= 0.6 is 11.3 Å². The largest absolute Gasteiger partial charge is 0.506 e. The van der Waals surface area contributed by atoms with Gasteiger partial charge in [0, 0.05) is 43.3 Å². The number of benzene rings is 4. The van der Waals surface area contributed by atoms with Gasteiger partial charge in [0.05, 0.1) is 10.4 Å². The molecule has 0 atom stereocenters. The number of urea groups is 1. The second kappa shape index (κ2) is 16.4. The van der Waals surface area contributed by atoms with Crippen molar-refractivity contribution in [3.63, 3.8) is 0 Å². The Morgan fingerprint density at radius 3 is 2.39 bits per heavy atom. The first-order valence-corrected chi connectivity index (χ1v) is 17.6. The number of aromatic hydroxyl groups is 1. The lowest BCUT2D eigenvalue weighted by Crippen LogP contribution is -2.46. The normalized spacial score (nSPS) is 13.7. The number of para-hydroxylation sites is 1. The van der Waals surface area contributed by atoms with Gasteiger partial charge in [0.2, 0.25) is 5.91 Å². The Labute approximate surface area is 289 Å². The number of thiazole rings is 1. The number of carbonyl (C=O) groups is 2. The van der Waals surface area contributed by atoms with Crippen molar-refractivity contribution in [3.8, 4) is 16.9 Å². The summed E-state index contributed by atoms with van der Waals surface area (Å²) in [5.74, 6) is 0.0847. The minimum absolute atomic E-state index is 0.0121. The summed E-state index contributed by atoms with van der Waals surface area (Å²) in [6.07, 6.45) is 3.69. The molecule has 0 bridgehead atoms. The van der Waals surface area contributed by atoms with Crippen molar-refractivity contribution in [2.75, 3.05) is 43.4 Å². The average molecular weight is 679 g/mol. The molecule has 1 fully saturated rings. The van der Waals surface area contributed by atoms with E-state index >= 15 is 0 Å². The van der Waals surface area contributed by atoms with Gasteiger partial charge in [-0.05, 0) is 79.7 Å². The molecular weight excluding hydrogens is 637 g/mol. The third kappa shape index (κ3) is 9.35. The van der Waals surface area contributed by atoms with Crippen molar-refractivity contribution in [1.82, 2.24) is 20.5 Å². The van der Waals surface area contributed by atoms with Crippen molar-refractivity contribution >= 4 is 44.9 Å². The van der Waals surface area contributed by atoms with Crippen molar-refractivity contribution in [2.45, 2.75) is 38.1 Å². The monoisotopic (exact) mass is 678 g/mol. The molecule has 10 nitrogen and oxygen atoms in total. The van der Waals surface area contributed by atoms with E-state index in [0.717, 1.165) is 96.0 Å². The van der Waals surface area contributed by atoms with E-state index in [1.165, 1.54) is 5.56 Å². The lowest BCUT2D eigenvalue weighted by atomic mass is 10.0. The Kier molecular flexibility index (Phi) is 11.4. The second-order valence-corrected chi connectivity index (χ2v) is 13.3. The number of piperidine rings is 1. The van der Waals surface area contributed by atoms with Gasteiger partial charge < -0.3 is 36.3 Å². The lowest BCUT2D eigenvalue weighted by Gasteiger charge is -2.32. The molecule has 0 unspecified atom stereocenters. The number of fused-ring (bicyclic) bond motifs is 1. The Morgan fingerprint density at radius 2 is 1.59 bits per heavy atom. The minimum Gasteiger partial charge on any atom is -0.506 e. The molecule has 1 saturated heterocycles. The number of rotatable bonds is 13. The van der Waals surface area contributed by atoms with E-state index in [0.29, 0.717) is 18.5 Å². The quantitative estimate of drug-likeness (QED) is 0.0852. The molecule has 254 valence electrons. The lowest BCUT2D eigenvalue weighted by molar-refractivity contribution is -0.116. The molecular formula is C38H42N6O4S. The van der Waals surface area contributed by atoms with Crippen molar-refractivity contribution in [2.24, 2.45) is 0 Å². The van der Waals surface area contributed by atoms with Gasteiger partial charge in [0.15, 0.2) is 0 Å². The zero-order chi connectivity index (χ0) is 34.0. The van der Waals surface area contributed by atoms with Crippen LogP contribution in [0.5, 0.6) is 5.75 Å². The second-order valence-electron chi connectivity index (χ2n) is 12.3. The average Bonchev–Trinajstić information content (AvgIpc) is 3.52. The number of nitrogens with one attached hydrogen (secondary N) is 5. The Hall–Kier alpha value is -4.97. The molecule has 1 aromatic heterocycles. The zero-order valence-electron chi connectivity index (χ0n) is 27.3. The molecule has 49 heavy (non-hydrogen) atoms. The van der Waals surface area contributed by atoms with Crippen LogP contribution in [-0.2, 0) is 17.6 Å². The Bertz CT molecular complexity index is 1920. The van der Waals surface area contributed by atoms with Crippen molar-refractivity contribution in [3.05, 3.63) is 112 Å². The smallest absolute Gasteiger partial charge is 0.319 e. The molecule has 6 rings (SSSR count). The van der Waals surface area contributed by atoms with Crippen molar-refractivity contribution in [1.29, 1.82) is 0 Å². The van der Waals surface area contributed by atoms with Gasteiger partial charge in [-0.3, -0.25) is 9.59 Å². The van der Waals surface area contributed by atoms with Crippen molar-refractivity contribution < 1.29 is 14.7 Å². The number of anilines is 2. The van der Waals surface area contributed by atoms with Gasteiger partial charge in [-0.2, -0.15) is 0 Å². The minimum atomic E-state index is -0.200. The summed E-state index contributed by atoms with van der Waals surface area (Å²) in [6.45, 7) is 3.89. The molecule has 1 aliphatic heterocycles. The number of nitrogens with zero attached hydrogens (tertiary/aromatic N) is 1. The Balaban J connectivity index is 0.854. The highest BCUT2D eigenvalue weighted by Gasteiger charge is 2.21. The topological polar surface area (TPSA) is 139 Å². The first-order valence-electron chi connectivity index (χ1n) is 16.8. The molecule has 0 spiro atoms. The maximum absolute atomic E-state index is 12.8. The fourth-order valence-electron chi connectivity index (χ4n) is 6.19. The molecule has 1 aliphatic rings. The fourth-order valence-corrected chi connectivity index (χ4v) is 7.09. The highest BCUT2D eigenvalue weighted by atomic mass is 32.1. The summed E-state index contributed by atoms with van der Waals surface area (Å²) in [4.78, 5) is 42.0.